The highest BCUT2D eigenvalue weighted by Gasteiger charge is 2.61. The smallest absolute Gasteiger partial charge is 0.343 e. The van der Waals surface area contributed by atoms with Gasteiger partial charge in [0.2, 0.25) is 11.8 Å². The fourth-order valence-electron chi connectivity index (χ4n) is 7.60. The number of nitrogens with zero attached hydrogens (tertiary/aromatic N) is 1. The summed E-state index contributed by atoms with van der Waals surface area (Å²) >= 11 is 0. The van der Waals surface area contributed by atoms with E-state index >= 15 is 0 Å². The second-order valence-electron chi connectivity index (χ2n) is 12.5. The second-order valence-corrected chi connectivity index (χ2v) is 12.5. The minimum atomic E-state index is -0.731. The molecule has 0 saturated carbocycles. The first-order valence-electron chi connectivity index (χ1n) is 16.2. The number of Topliss-reactive ketones (excluding diaryl/α,β-unsaturated/α-hetero) is 1. The van der Waals surface area contributed by atoms with Crippen LogP contribution in [0.15, 0.2) is 121 Å². The minimum Gasteiger partial charge on any atom is -0.497 e. The highest BCUT2D eigenvalue weighted by molar-refractivity contribution is 6.23. The van der Waals surface area contributed by atoms with E-state index in [1.807, 2.05) is 24.3 Å². The largest absolute Gasteiger partial charge is 0.497 e. The summed E-state index contributed by atoms with van der Waals surface area (Å²) in [5, 5.41) is 0. The van der Waals surface area contributed by atoms with E-state index in [1.165, 1.54) is 48.4 Å². The van der Waals surface area contributed by atoms with Crippen molar-refractivity contribution in [1.29, 1.82) is 0 Å². The summed E-state index contributed by atoms with van der Waals surface area (Å²) in [6, 6.07) is 34.6. The lowest BCUT2D eigenvalue weighted by molar-refractivity contribution is -0.122. The lowest BCUT2D eigenvalue weighted by atomic mass is 9.55. The number of hydrogen-bond donors (Lipinski definition) is 0. The Morgan fingerprint density at radius 2 is 1.12 bits per heavy atom. The standard InChI is InChI=1S/C41H29NO8/c1-48-28-8-6-7-25(21-28)41(47)50-27-19-15-23(16-20-27)33(43)22-49-40(46)24-13-17-26(18-14-24)42-38(44)36-34-29-9-2-3-10-30(29)35(37(36)39(42)45)32-12-5-4-11-31(32)34/h2-21,34-37H,22H2,1H3. The number of benzene rings is 5. The first-order valence-corrected chi connectivity index (χ1v) is 16.2. The Bertz CT molecular complexity index is 2090. The summed E-state index contributed by atoms with van der Waals surface area (Å²) in [5.74, 6) is -2.95. The van der Waals surface area contributed by atoms with Crippen molar-refractivity contribution in [3.05, 3.63) is 160 Å². The van der Waals surface area contributed by atoms with E-state index in [4.69, 9.17) is 14.2 Å². The average molecular weight is 664 g/mol. The van der Waals surface area contributed by atoms with Crippen LogP contribution in [-0.2, 0) is 14.3 Å². The van der Waals surface area contributed by atoms with E-state index < -0.39 is 36.2 Å². The van der Waals surface area contributed by atoms with E-state index in [-0.39, 0.29) is 40.5 Å². The van der Waals surface area contributed by atoms with E-state index in [2.05, 4.69) is 24.3 Å². The molecule has 2 amide bonds. The fraction of sp³-hybridized carbons (Fsp3) is 0.146. The molecule has 5 aromatic carbocycles. The zero-order valence-electron chi connectivity index (χ0n) is 26.8. The van der Waals surface area contributed by atoms with Crippen LogP contribution in [0.3, 0.4) is 0 Å². The van der Waals surface area contributed by atoms with Gasteiger partial charge in [-0.05, 0) is 89.0 Å². The van der Waals surface area contributed by atoms with Crippen LogP contribution in [0.4, 0.5) is 5.69 Å². The summed E-state index contributed by atoms with van der Waals surface area (Å²) in [7, 11) is 1.50. The maximum absolute atomic E-state index is 14.0. The summed E-state index contributed by atoms with van der Waals surface area (Å²) < 4.78 is 15.8. The summed E-state index contributed by atoms with van der Waals surface area (Å²) in [6.45, 7) is -0.514. The molecule has 5 aromatic rings. The summed E-state index contributed by atoms with van der Waals surface area (Å²) in [4.78, 5) is 67.4. The van der Waals surface area contributed by atoms with Crippen LogP contribution < -0.4 is 14.4 Å². The van der Waals surface area contributed by atoms with Crippen molar-refractivity contribution < 1.29 is 38.2 Å². The molecular weight excluding hydrogens is 634 g/mol. The minimum absolute atomic E-state index is 0.165. The molecule has 2 atom stereocenters. The summed E-state index contributed by atoms with van der Waals surface area (Å²) in [5.41, 5.74) is 5.49. The van der Waals surface area contributed by atoms with Crippen molar-refractivity contribution in [3.8, 4) is 11.5 Å². The van der Waals surface area contributed by atoms with Crippen molar-refractivity contribution in [3.63, 3.8) is 0 Å². The van der Waals surface area contributed by atoms with Gasteiger partial charge in [-0.3, -0.25) is 14.4 Å². The SMILES string of the molecule is COc1cccc(C(=O)Oc2ccc(C(=O)COC(=O)c3ccc(N4C(=O)C5C6c7ccccc7C(c7ccccc76)C5C4=O)cc3)cc2)c1. The average Bonchev–Trinajstić information content (AvgIpc) is 3.43. The molecule has 4 aliphatic rings. The quantitative estimate of drug-likeness (QED) is 0.0817. The molecule has 246 valence electrons. The molecule has 50 heavy (non-hydrogen) atoms. The molecule has 9 nitrogen and oxygen atoms in total. The topological polar surface area (TPSA) is 116 Å². The van der Waals surface area contributed by atoms with E-state index in [0.29, 0.717) is 17.0 Å². The maximum atomic E-state index is 14.0. The highest BCUT2D eigenvalue weighted by Crippen LogP contribution is 2.61. The predicted molar refractivity (Wildman–Crippen MR) is 181 cm³/mol. The van der Waals surface area contributed by atoms with Gasteiger partial charge in [0.25, 0.3) is 0 Å². The lowest BCUT2D eigenvalue weighted by Gasteiger charge is -2.45. The molecule has 0 radical (unpaired) electrons. The van der Waals surface area contributed by atoms with E-state index in [1.54, 1.807) is 36.4 Å². The first-order chi connectivity index (χ1) is 24.3. The number of rotatable bonds is 8. The Kier molecular flexibility index (Phi) is 7.60. The van der Waals surface area contributed by atoms with Gasteiger partial charge in [-0.2, -0.15) is 0 Å². The fourth-order valence-corrected chi connectivity index (χ4v) is 7.60. The van der Waals surface area contributed by atoms with Crippen molar-refractivity contribution in [1.82, 2.24) is 0 Å². The third-order valence-electron chi connectivity index (χ3n) is 9.84. The Morgan fingerprint density at radius 3 is 1.66 bits per heavy atom. The van der Waals surface area contributed by atoms with Gasteiger partial charge in [0.1, 0.15) is 11.5 Å². The monoisotopic (exact) mass is 663 g/mol. The van der Waals surface area contributed by atoms with Gasteiger partial charge in [-0.1, -0.05) is 54.6 Å². The molecule has 0 spiro atoms. The molecule has 9 rings (SSSR count). The normalized spacial score (nSPS) is 19.7. The van der Waals surface area contributed by atoms with Crippen LogP contribution in [0.5, 0.6) is 11.5 Å². The van der Waals surface area contributed by atoms with Crippen molar-refractivity contribution in [2.75, 3.05) is 18.6 Å². The van der Waals surface area contributed by atoms with Crippen LogP contribution in [0, 0.1) is 11.8 Å². The molecule has 2 bridgehead atoms. The number of anilines is 1. The zero-order valence-corrected chi connectivity index (χ0v) is 26.8. The van der Waals surface area contributed by atoms with Gasteiger partial charge in [0, 0.05) is 17.4 Å². The maximum Gasteiger partial charge on any atom is 0.343 e. The number of carbonyl (C=O) groups is 5. The Hall–Kier alpha value is -6.35. The van der Waals surface area contributed by atoms with Gasteiger partial charge in [0.05, 0.1) is 35.8 Å². The van der Waals surface area contributed by atoms with E-state index in [9.17, 15) is 24.0 Å². The van der Waals surface area contributed by atoms with Crippen molar-refractivity contribution >= 4 is 35.2 Å². The first kappa shape index (κ1) is 31.0. The molecule has 3 aliphatic carbocycles. The van der Waals surface area contributed by atoms with Gasteiger partial charge in [-0.25, -0.2) is 14.5 Å². The zero-order chi connectivity index (χ0) is 34.5. The number of hydrogen-bond acceptors (Lipinski definition) is 8. The number of esters is 2. The molecule has 1 aliphatic heterocycles. The van der Waals surface area contributed by atoms with Crippen LogP contribution in [0.25, 0.3) is 0 Å². The van der Waals surface area contributed by atoms with Crippen molar-refractivity contribution in [2.24, 2.45) is 11.8 Å². The van der Waals surface area contributed by atoms with Crippen LogP contribution >= 0.6 is 0 Å². The third-order valence-corrected chi connectivity index (χ3v) is 9.84. The van der Waals surface area contributed by atoms with Crippen molar-refractivity contribution in [2.45, 2.75) is 11.8 Å². The third kappa shape index (κ3) is 5.06. The lowest BCUT2D eigenvalue weighted by Crippen LogP contribution is -2.41. The number of methoxy groups -OCH3 is 1. The van der Waals surface area contributed by atoms with E-state index in [0.717, 1.165) is 22.3 Å². The van der Waals surface area contributed by atoms with Crippen LogP contribution in [0.1, 0.15) is 65.2 Å². The molecule has 2 unspecified atom stereocenters. The molecule has 9 heteroatoms. The van der Waals surface area contributed by atoms with Crippen LogP contribution in [0.2, 0.25) is 0 Å². The Balaban J connectivity index is 0.919. The Morgan fingerprint density at radius 1 is 0.580 bits per heavy atom. The second kappa shape index (κ2) is 12.3. The molecule has 0 N–H and O–H groups in total. The molecule has 1 heterocycles. The van der Waals surface area contributed by atoms with Gasteiger partial charge >= 0.3 is 11.9 Å². The number of amides is 2. The molecule has 0 aromatic heterocycles. The van der Waals surface area contributed by atoms with Gasteiger partial charge in [0.15, 0.2) is 12.4 Å². The number of ketones is 1. The predicted octanol–water partition coefficient (Wildman–Crippen LogP) is 6.35. The number of imide groups is 1. The van der Waals surface area contributed by atoms with Gasteiger partial charge < -0.3 is 14.2 Å². The molecule has 1 saturated heterocycles. The molecule has 1 fully saturated rings. The highest BCUT2D eigenvalue weighted by atomic mass is 16.5. The van der Waals surface area contributed by atoms with Gasteiger partial charge in [-0.15, -0.1) is 0 Å². The number of carbonyl (C=O) groups excluding carboxylic acids is 5. The summed E-state index contributed by atoms with van der Waals surface area (Å²) in [6.07, 6.45) is 0. The number of ether oxygens (including phenoxy) is 3. The Labute approximate surface area is 287 Å². The van der Waals surface area contributed by atoms with Crippen LogP contribution in [-0.4, -0.2) is 43.3 Å². The molecular formula is C41H29NO8.